The van der Waals surface area contributed by atoms with Crippen molar-refractivity contribution in [1.82, 2.24) is 0 Å². The lowest BCUT2D eigenvalue weighted by molar-refractivity contribution is -0.187. The van der Waals surface area contributed by atoms with Gasteiger partial charge in [0.05, 0.1) is 20.3 Å². The number of methoxy groups -OCH3 is 1. The van der Waals surface area contributed by atoms with Gasteiger partial charge in [0, 0.05) is 5.02 Å². The molecule has 2 atom stereocenters. The lowest BCUT2D eigenvalue weighted by Crippen LogP contribution is -2.25. The van der Waals surface area contributed by atoms with Gasteiger partial charge in [-0.3, -0.25) is 0 Å². The fourth-order valence-electron chi connectivity index (χ4n) is 3.77. The van der Waals surface area contributed by atoms with Crippen molar-refractivity contribution in [3.8, 4) is 5.75 Å². The summed E-state index contributed by atoms with van der Waals surface area (Å²) in [5.41, 5.74) is 2.94. The van der Waals surface area contributed by atoms with Crippen molar-refractivity contribution in [2.45, 2.75) is 25.4 Å². The molecule has 4 aromatic carbocycles. The van der Waals surface area contributed by atoms with Gasteiger partial charge in [-0.15, -0.1) is 0 Å². The molecule has 4 rings (SSSR count). The smallest absolute Gasteiger partial charge is 0.185 e. The van der Waals surface area contributed by atoms with Gasteiger partial charge in [0.15, 0.2) is 6.29 Å². The van der Waals surface area contributed by atoms with E-state index >= 15 is 0 Å². The topological polar surface area (TPSA) is 47.9 Å². The van der Waals surface area contributed by atoms with Crippen LogP contribution in [0.1, 0.15) is 22.8 Å². The van der Waals surface area contributed by atoms with Crippen molar-refractivity contribution in [2.24, 2.45) is 0 Å². The summed E-state index contributed by atoms with van der Waals surface area (Å²) in [5, 5.41) is 13.8. The summed E-state index contributed by atoms with van der Waals surface area (Å²) in [5.74, 6) is 0.816. The van der Waals surface area contributed by atoms with Gasteiger partial charge in [0.1, 0.15) is 11.9 Å². The third-order valence-electron chi connectivity index (χ3n) is 5.59. The molecular weight excluding hydrogens is 436 g/mol. The summed E-state index contributed by atoms with van der Waals surface area (Å²) < 4.78 is 17.2. The van der Waals surface area contributed by atoms with Crippen molar-refractivity contribution in [3.63, 3.8) is 0 Å². The molecule has 33 heavy (non-hydrogen) atoms. The summed E-state index contributed by atoms with van der Waals surface area (Å²) in [6.07, 6.45) is -1.08. The lowest BCUT2D eigenvalue weighted by Gasteiger charge is -2.24. The zero-order chi connectivity index (χ0) is 23.0. The molecule has 0 amide bonds. The van der Waals surface area contributed by atoms with Gasteiger partial charge in [-0.2, -0.15) is 0 Å². The van der Waals surface area contributed by atoms with E-state index in [2.05, 4.69) is 18.2 Å². The Hall–Kier alpha value is -2.89. The Balaban J connectivity index is 1.44. The van der Waals surface area contributed by atoms with Crippen LogP contribution in [0.15, 0.2) is 91.0 Å². The summed E-state index contributed by atoms with van der Waals surface area (Å²) in [6, 6.07) is 29.3. The quantitative estimate of drug-likeness (QED) is 0.279. The number of ether oxygens (including phenoxy) is 3. The average molecular weight is 463 g/mol. The minimum Gasteiger partial charge on any atom is -0.497 e. The standard InChI is InChI=1S/C28H27ClO4/c1-31-25-15-9-20(10-16-25)17-18-32-27(22-11-13-24(29)14-12-22)28(30)33-19-23-7-4-6-21-5-2-3-8-26(21)23/h2-16,27-28,30H,17-19H2,1H3. The van der Waals surface area contributed by atoms with E-state index in [0.29, 0.717) is 18.1 Å². The molecule has 2 unspecified atom stereocenters. The number of benzene rings is 4. The van der Waals surface area contributed by atoms with E-state index in [4.69, 9.17) is 25.8 Å². The molecule has 0 aliphatic carbocycles. The number of aliphatic hydroxyl groups is 1. The molecule has 0 aliphatic heterocycles. The first-order chi connectivity index (χ1) is 16.1. The number of rotatable bonds is 10. The molecule has 0 aromatic heterocycles. The molecule has 0 spiro atoms. The Morgan fingerprint density at radius 1 is 0.818 bits per heavy atom. The SMILES string of the molecule is COc1ccc(CCOC(c2ccc(Cl)cc2)C(O)OCc2cccc3ccccc23)cc1. The van der Waals surface area contributed by atoms with Crippen molar-refractivity contribution in [1.29, 1.82) is 0 Å². The number of halogens is 1. The van der Waals surface area contributed by atoms with E-state index in [1.54, 1.807) is 19.2 Å². The van der Waals surface area contributed by atoms with Crippen LogP contribution in [0.3, 0.4) is 0 Å². The van der Waals surface area contributed by atoms with Crippen LogP contribution in [0.2, 0.25) is 5.02 Å². The van der Waals surface area contributed by atoms with Crippen LogP contribution in [0.5, 0.6) is 5.75 Å². The minimum absolute atomic E-state index is 0.272. The predicted molar refractivity (Wildman–Crippen MR) is 132 cm³/mol. The van der Waals surface area contributed by atoms with E-state index < -0.39 is 12.4 Å². The maximum atomic E-state index is 10.9. The molecule has 0 saturated heterocycles. The zero-order valence-corrected chi connectivity index (χ0v) is 19.2. The highest BCUT2D eigenvalue weighted by atomic mass is 35.5. The zero-order valence-electron chi connectivity index (χ0n) is 18.5. The van der Waals surface area contributed by atoms with Crippen LogP contribution in [0.4, 0.5) is 0 Å². The molecule has 0 heterocycles. The molecule has 4 nitrogen and oxygen atoms in total. The van der Waals surface area contributed by atoms with Gasteiger partial charge in [-0.05, 0) is 58.1 Å². The molecule has 0 saturated carbocycles. The van der Waals surface area contributed by atoms with Crippen molar-refractivity contribution >= 4 is 22.4 Å². The van der Waals surface area contributed by atoms with Crippen LogP contribution in [0, 0.1) is 0 Å². The fourth-order valence-corrected chi connectivity index (χ4v) is 3.90. The van der Waals surface area contributed by atoms with Crippen molar-refractivity contribution in [3.05, 3.63) is 113 Å². The van der Waals surface area contributed by atoms with Gasteiger partial charge in [-0.1, -0.05) is 78.3 Å². The van der Waals surface area contributed by atoms with E-state index in [-0.39, 0.29) is 6.61 Å². The molecule has 0 fully saturated rings. The Bertz CT molecular complexity index is 1150. The molecule has 0 radical (unpaired) electrons. The Labute approximate surface area is 199 Å². The summed E-state index contributed by atoms with van der Waals surface area (Å²) in [4.78, 5) is 0. The number of hydrogen-bond donors (Lipinski definition) is 1. The molecular formula is C28H27ClO4. The van der Waals surface area contributed by atoms with Crippen LogP contribution >= 0.6 is 11.6 Å². The molecule has 0 aliphatic rings. The van der Waals surface area contributed by atoms with Gasteiger partial charge >= 0.3 is 0 Å². The third-order valence-corrected chi connectivity index (χ3v) is 5.85. The lowest BCUT2D eigenvalue weighted by atomic mass is 10.1. The predicted octanol–water partition coefficient (Wildman–Crippen LogP) is 6.34. The molecule has 4 aromatic rings. The maximum absolute atomic E-state index is 10.9. The highest BCUT2D eigenvalue weighted by Crippen LogP contribution is 2.26. The summed E-state index contributed by atoms with van der Waals surface area (Å²) in [7, 11) is 1.65. The Morgan fingerprint density at radius 3 is 2.30 bits per heavy atom. The van der Waals surface area contributed by atoms with E-state index in [1.807, 2.05) is 60.7 Å². The monoisotopic (exact) mass is 462 g/mol. The Morgan fingerprint density at radius 2 is 1.55 bits per heavy atom. The van der Waals surface area contributed by atoms with Crippen LogP contribution in [0.25, 0.3) is 10.8 Å². The molecule has 170 valence electrons. The third kappa shape index (κ3) is 6.12. The second-order valence-electron chi connectivity index (χ2n) is 7.78. The second kappa shape index (κ2) is 11.3. The van der Waals surface area contributed by atoms with Gasteiger partial charge in [0.25, 0.3) is 0 Å². The number of fused-ring (bicyclic) bond motifs is 1. The van der Waals surface area contributed by atoms with Gasteiger partial charge < -0.3 is 19.3 Å². The fraction of sp³-hybridized carbons (Fsp3) is 0.214. The van der Waals surface area contributed by atoms with Crippen molar-refractivity contribution in [2.75, 3.05) is 13.7 Å². The summed E-state index contributed by atoms with van der Waals surface area (Å²) in [6.45, 7) is 0.697. The maximum Gasteiger partial charge on any atom is 0.185 e. The highest BCUT2D eigenvalue weighted by Gasteiger charge is 2.23. The molecule has 0 bridgehead atoms. The molecule has 5 heteroatoms. The first-order valence-corrected chi connectivity index (χ1v) is 11.3. The molecule has 1 N–H and O–H groups in total. The van der Waals surface area contributed by atoms with Crippen molar-refractivity contribution < 1.29 is 19.3 Å². The van der Waals surface area contributed by atoms with E-state index in [0.717, 1.165) is 33.2 Å². The first-order valence-electron chi connectivity index (χ1n) is 10.9. The van der Waals surface area contributed by atoms with Crippen LogP contribution < -0.4 is 4.74 Å². The van der Waals surface area contributed by atoms with Gasteiger partial charge in [-0.25, -0.2) is 0 Å². The Kier molecular flexibility index (Phi) is 7.97. The number of hydrogen-bond acceptors (Lipinski definition) is 4. The first kappa shape index (κ1) is 23.3. The highest BCUT2D eigenvalue weighted by molar-refractivity contribution is 6.30. The van der Waals surface area contributed by atoms with Crippen LogP contribution in [-0.2, 0) is 22.5 Å². The normalized spacial score (nSPS) is 13.1. The average Bonchev–Trinajstić information content (AvgIpc) is 2.86. The number of aliphatic hydroxyl groups excluding tert-OH is 1. The summed E-state index contributed by atoms with van der Waals surface area (Å²) >= 11 is 6.06. The second-order valence-corrected chi connectivity index (χ2v) is 8.22. The van der Waals surface area contributed by atoms with E-state index in [9.17, 15) is 5.11 Å². The minimum atomic E-state index is -1.14. The van der Waals surface area contributed by atoms with E-state index in [1.165, 1.54) is 0 Å². The largest absolute Gasteiger partial charge is 0.497 e. The van der Waals surface area contributed by atoms with Crippen LogP contribution in [-0.4, -0.2) is 25.1 Å². The van der Waals surface area contributed by atoms with Gasteiger partial charge in [0.2, 0.25) is 0 Å².